The van der Waals surface area contributed by atoms with E-state index >= 15 is 0 Å². The second kappa shape index (κ2) is 6.77. The van der Waals surface area contributed by atoms with Gasteiger partial charge in [0.05, 0.1) is 15.2 Å². The molecule has 0 saturated heterocycles. The molecule has 2 heteroatoms. The fraction of sp³-hybridized carbons (Fsp3) is 0.263. The number of benzene rings is 2. The molecule has 0 N–H and O–H groups in total. The Kier molecular flexibility index (Phi) is 5.02. The van der Waals surface area contributed by atoms with Crippen LogP contribution in [0.25, 0.3) is 0 Å². The van der Waals surface area contributed by atoms with Gasteiger partial charge in [-0.3, -0.25) is 0 Å². The van der Waals surface area contributed by atoms with Gasteiger partial charge in [-0.05, 0) is 29.7 Å². The highest BCUT2D eigenvalue weighted by molar-refractivity contribution is 6.90. The zero-order chi connectivity index (χ0) is 15.3. The molecule has 0 aliphatic rings. The smallest absolute Gasteiger partial charge is 0.118 e. The molecule has 0 aromatic heterocycles. The topological polar surface area (TPSA) is 9.23 Å². The van der Waals surface area contributed by atoms with Gasteiger partial charge in [-0.1, -0.05) is 66.8 Å². The standard InChI is InChI=1S/C19H24OSi/c1-5-9-19(16-10-7-6-8-11-16)21(3,4)18-14-12-17(20-2)13-15-18/h5-8,10-15,19H,1,9H2,2-4H3. The number of ether oxygens (including phenoxy) is 1. The summed E-state index contributed by atoms with van der Waals surface area (Å²) in [4.78, 5) is 0. The second-order valence-electron chi connectivity index (χ2n) is 5.94. The molecular weight excluding hydrogens is 272 g/mol. The van der Waals surface area contributed by atoms with Gasteiger partial charge in [0.2, 0.25) is 0 Å². The Balaban J connectivity index is 2.38. The normalized spacial score (nSPS) is 12.7. The van der Waals surface area contributed by atoms with Crippen LogP contribution >= 0.6 is 0 Å². The molecule has 0 spiro atoms. The van der Waals surface area contributed by atoms with E-state index in [2.05, 4.69) is 80.3 Å². The van der Waals surface area contributed by atoms with Gasteiger partial charge in [0, 0.05) is 0 Å². The minimum Gasteiger partial charge on any atom is -0.497 e. The summed E-state index contributed by atoms with van der Waals surface area (Å²) in [6.07, 6.45) is 3.07. The van der Waals surface area contributed by atoms with Crippen LogP contribution in [0.4, 0.5) is 0 Å². The first-order valence-electron chi connectivity index (χ1n) is 7.40. The molecule has 2 rings (SSSR count). The Labute approximate surface area is 129 Å². The monoisotopic (exact) mass is 296 g/mol. The largest absolute Gasteiger partial charge is 0.497 e. The first kappa shape index (κ1) is 15.6. The minimum absolute atomic E-state index is 0.546. The lowest BCUT2D eigenvalue weighted by atomic mass is 10.1. The lowest BCUT2D eigenvalue weighted by Crippen LogP contribution is -2.47. The van der Waals surface area contributed by atoms with Gasteiger partial charge >= 0.3 is 0 Å². The number of allylic oxidation sites excluding steroid dienone is 1. The van der Waals surface area contributed by atoms with Crippen LogP contribution in [0.2, 0.25) is 13.1 Å². The van der Waals surface area contributed by atoms with Gasteiger partial charge in [-0.15, -0.1) is 6.58 Å². The fourth-order valence-electron chi connectivity index (χ4n) is 2.92. The summed E-state index contributed by atoms with van der Waals surface area (Å²) in [6, 6.07) is 19.4. The van der Waals surface area contributed by atoms with Crippen molar-refractivity contribution < 1.29 is 4.74 Å². The summed E-state index contributed by atoms with van der Waals surface area (Å²) in [7, 11) is 0.0772. The van der Waals surface area contributed by atoms with Crippen molar-refractivity contribution >= 4 is 13.3 Å². The third-order valence-corrected chi connectivity index (χ3v) is 8.44. The van der Waals surface area contributed by atoms with E-state index < -0.39 is 8.07 Å². The van der Waals surface area contributed by atoms with Crippen LogP contribution in [0.3, 0.4) is 0 Å². The van der Waals surface area contributed by atoms with Crippen molar-refractivity contribution in [2.75, 3.05) is 7.11 Å². The summed E-state index contributed by atoms with van der Waals surface area (Å²) >= 11 is 0. The van der Waals surface area contributed by atoms with Crippen molar-refractivity contribution in [3.05, 3.63) is 72.8 Å². The lowest BCUT2D eigenvalue weighted by Gasteiger charge is -2.33. The molecule has 0 radical (unpaired) electrons. The van der Waals surface area contributed by atoms with Crippen LogP contribution in [0.1, 0.15) is 17.5 Å². The van der Waals surface area contributed by atoms with Gasteiger partial charge in [0.25, 0.3) is 0 Å². The van der Waals surface area contributed by atoms with E-state index in [1.54, 1.807) is 7.11 Å². The van der Waals surface area contributed by atoms with Crippen molar-refractivity contribution in [1.29, 1.82) is 0 Å². The number of hydrogen-bond donors (Lipinski definition) is 0. The van der Waals surface area contributed by atoms with Crippen LogP contribution < -0.4 is 9.92 Å². The molecule has 0 aliphatic heterocycles. The Bertz CT molecular complexity index is 572. The summed E-state index contributed by atoms with van der Waals surface area (Å²) in [6.45, 7) is 8.84. The van der Waals surface area contributed by atoms with E-state index in [1.807, 2.05) is 0 Å². The third-order valence-electron chi connectivity index (χ3n) is 4.31. The first-order valence-corrected chi connectivity index (χ1v) is 10.5. The summed E-state index contributed by atoms with van der Waals surface area (Å²) in [5.41, 5.74) is 1.97. The Morgan fingerprint density at radius 1 is 1.05 bits per heavy atom. The molecule has 2 aromatic carbocycles. The number of hydrogen-bond acceptors (Lipinski definition) is 1. The van der Waals surface area contributed by atoms with Gasteiger partial charge in [-0.2, -0.15) is 0 Å². The molecule has 0 saturated carbocycles. The Hall–Kier alpha value is -1.80. The van der Waals surface area contributed by atoms with Crippen molar-refractivity contribution in [2.24, 2.45) is 0 Å². The maximum absolute atomic E-state index is 5.27. The van der Waals surface area contributed by atoms with Crippen molar-refractivity contribution in [2.45, 2.75) is 25.1 Å². The van der Waals surface area contributed by atoms with Crippen LogP contribution in [0.15, 0.2) is 67.3 Å². The Morgan fingerprint density at radius 2 is 1.67 bits per heavy atom. The van der Waals surface area contributed by atoms with Gasteiger partial charge in [0.15, 0.2) is 0 Å². The van der Waals surface area contributed by atoms with Crippen LogP contribution in [0.5, 0.6) is 5.75 Å². The van der Waals surface area contributed by atoms with E-state index in [1.165, 1.54) is 10.8 Å². The SMILES string of the molecule is C=CCC(c1ccccc1)[Si](C)(C)c1ccc(OC)cc1. The maximum atomic E-state index is 5.27. The summed E-state index contributed by atoms with van der Waals surface area (Å²) < 4.78 is 5.27. The minimum atomic E-state index is -1.63. The van der Waals surface area contributed by atoms with Gasteiger partial charge < -0.3 is 4.74 Å². The molecule has 0 aliphatic carbocycles. The van der Waals surface area contributed by atoms with E-state index in [-0.39, 0.29) is 0 Å². The molecule has 1 unspecified atom stereocenters. The van der Waals surface area contributed by atoms with Crippen LogP contribution in [-0.4, -0.2) is 15.2 Å². The molecule has 1 atom stereocenters. The van der Waals surface area contributed by atoms with Crippen molar-refractivity contribution in [3.8, 4) is 5.75 Å². The molecular formula is C19H24OSi. The van der Waals surface area contributed by atoms with E-state index in [4.69, 9.17) is 4.74 Å². The highest BCUT2D eigenvalue weighted by Crippen LogP contribution is 2.30. The molecule has 0 fully saturated rings. The summed E-state index contributed by atoms with van der Waals surface area (Å²) in [5, 5.41) is 1.46. The molecule has 110 valence electrons. The molecule has 0 bridgehead atoms. The van der Waals surface area contributed by atoms with Gasteiger partial charge in [0.1, 0.15) is 5.75 Å². The average molecular weight is 296 g/mol. The maximum Gasteiger partial charge on any atom is 0.118 e. The molecule has 0 heterocycles. The highest BCUT2D eigenvalue weighted by Gasteiger charge is 2.33. The van der Waals surface area contributed by atoms with Gasteiger partial charge in [-0.25, -0.2) is 0 Å². The Morgan fingerprint density at radius 3 is 2.19 bits per heavy atom. The predicted molar refractivity (Wildman–Crippen MR) is 94.1 cm³/mol. The number of methoxy groups -OCH3 is 1. The lowest BCUT2D eigenvalue weighted by molar-refractivity contribution is 0.415. The predicted octanol–water partition coefficient (Wildman–Crippen LogP) is 4.51. The molecule has 0 amide bonds. The number of rotatable bonds is 6. The summed E-state index contributed by atoms with van der Waals surface area (Å²) in [5.74, 6) is 0.920. The zero-order valence-electron chi connectivity index (χ0n) is 13.2. The molecule has 1 nitrogen and oxygen atoms in total. The van der Waals surface area contributed by atoms with E-state index in [9.17, 15) is 0 Å². The van der Waals surface area contributed by atoms with E-state index in [0.717, 1.165) is 12.2 Å². The van der Waals surface area contributed by atoms with Crippen LogP contribution in [-0.2, 0) is 0 Å². The third kappa shape index (κ3) is 3.45. The molecule has 2 aromatic rings. The second-order valence-corrected chi connectivity index (χ2v) is 10.7. The fourth-order valence-corrected chi connectivity index (χ4v) is 6.13. The molecule has 21 heavy (non-hydrogen) atoms. The highest BCUT2D eigenvalue weighted by atomic mass is 28.3. The average Bonchev–Trinajstić information content (AvgIpc) is 2.53. The zero-order valence-corrected chi connectivity index (χ0v) is 14.2. The first-order chi connectivity index (χ1) is 10.1. The van der Waals surface area contributed by atoms with E-state index in [0.29, 0.717) is 5.54 Å². The van der Waals surface area contributed by atoms with Crippen LogP contribution in [0, 0.1) is 0 Å². The quantitative estimate of drug-likeness (QED) is 0.563. The van der Waals surface area contributed by atoms with Crippen molar-refractivity contribution in [3.63, 3.8) is 0 Å². The van der Waals surface area contributed by atoms with Crippen molar-refractivity contribution in [1.82, 2.24) is 0 Å².